The number of nitrogens with zero attached hydrogens (tertiary/aromatic N) is 7. The number of tetrazole rings is 1. The average Bonchev–Trinajstić information content (AvgIpc) is 2.92. The van der Waals surface area contributed by atoms with Crippen LogP contribution in [-0.2, 0) is 7.05 Å². The van der Waals surface area contributed by atoms with Crippen molar-refractivity contribution in [2.75, 3.05) is 13.1 Å². The normalized spacial score (nSPS) is 10.9. The summed E-state index contributed by atoms with van der Waals surface area (Å²) in [6, 6.07) is -0.520. The van der Waals surface area contributed by atoms with Crippen molar-refractivity contribution >= 4 is 17.6 Å². The highest BCUT2D eigenvalue weighted by Crippen LogP contribution is 2.20. The van der Waals surface area contributed by atoms with Crippen LogP contribution in [0.25, 0.3) is 5.69 Å². The molecule has 2 aromatic heterocycles. The van der Waals surface area contributed by atoms with Crippen molar-refractivity contribution in [3.8, 4) is 5.69 Å². The van der Waals surface area contributed by atoms with E-state index >= 15 is 0 Å². The van der Waals surface area contributed by atoms with Gasteiger partial charge < -0.3 is 4.90 Å². The van der Waals surface area contributed by atoms with Gasteiger partial charge in [-0.1, -0.05) is 11.6 Å². The Bertz CT molecular complexity index is 725. The fourth-order valence-corrected chi connectivity index (χ4v) is 2.25. The molecule has 2 rings (SSSR count). The van der Waals surface area contributed by atoms with Crippen LogP contribution in [0.3, 0.4) is 0 Å². The molecule has 9 nitrogen and oxygen atoms in total. The zero-order valence-electron chi connectivity index (χ0n) is 12.2. The first-order chi connectivity index (χ1) is 9.92. The minimum atomic E-state index is -0.676. The Kier molecular flexibility index (Phi) is 4.12. The van der Waals surface area contributed by atoms with E-state index in [1.807, 2.05) is 13.8 Å². The van der Waals surface area contributed by atoms with E-state index in [0.29, 0.717) is 24.5 Å². The molecule has 0 radical (unpaired) electrons. The van der Waals surface area contributed by atoms with Crippen LogP contribution in [0.5, 0.6) is 0 Å². The number of aryl methyl sites for hydroxylation is 2. The monoisotopic (exact) mass is 313 g/mol. The summed E-state index contributed by atoms with van der Waals surface area (Å²) in [5, 5.41) is 11.7. The Morgan fingerprint density at radius 2 is 1.90 bits per heavy atom. The van der Waals surface area contributed by atoms with Crippen molar-refractivity contribution in [3.63, 3.8) is 0 Å². The summed E-state index contributed by atoms with van der Waals surface area (Å²) < 4.78 is 3.12. The minimum absolute atomic E-state index is 0.247. The zero-order valence-corrected chi connectivity index (χ0v) is 13.0. The fraction of sp³-hybridized carbons (Fsp3) is 0.545. The molecule has 0 atom stereocenters. The lowest BCUT2D eigenvalue weighted by Crippen LogP contribution is -2.40. The van der Waals surface area contributed by atoms with E-state index in [4.69, 9.17) is 11.6 Å². The SMILES string of the molecule is CCN(CC)C(=O)n1nnn(-c2c(C)nn(C)c2Cl)c1=O. The predicted molar refractivity (Wildman–Crippen MR) is 75.8 cm³/mol. The minimum Gasteiger partial charge on any atom is -0.323 e. The number of rotatable bonds is 3. The third kappa shape index (κ3) is 2.44. The quantitative estimate of drug-likeness (QED) is 0.767. The highest BCUT2D eigenvalue weighted by atomic mass is 35.5. The van der Waals surface area contributed by atoms with Gasteiger partial charge in [-0.05, 0) is 31.2 Å². The largest absolute Gasteiger partial charge is 0.377 e. The van der Waals surface area contributed by atoms with Gasteiger partial charge in [-0.3, -0.25) is 4.68 Å². The van der Waals surface area contributed by atoms with Crippen molar-refractivity contribution in [2.45, 2.75) is 20.8 Å². The van der Waals surface area contributed by atoms with E-state index in [1.165, 1.54) is 9.58 Å². The summed E-state index contributed by atoms with van der Waals surface area (Å²) in [5.41, 5.74) is 0.166. The summed E-state index contributed by atoms with van der Waals surface area (Å²) in [7, 11) is 1.65. The molecule has 0 fully saturated rings. The summed E-state index contributed by atoms with van der Waals surface area (Å²) in [6.45, 7) is 6.28. The topological polar surface area (TPSA) is 90.8 Å². The number of halogens is 1. The predicted octanol–water partition coefficient (Wildman–Crippen LogP) is 0.434. The van der Waals surface area contributed by atoms with E-state index in [9.17, 15) is 9.59 Å². The van der Waals surface area contributed by atoms with E-state index < -0.39 is 11.7 Å². The molecule has 21 heavy (non-hydrogen) atoms. The number of amides is 1. The molecule has 0 unspecified atom stereocenters. The van der Waals surface area contributed by atoms with Crippen LogP contribution in [0.1, 0.15) is 19.5 Å². The van der Waals surface area contributed by atoms with Gasteiger partial charge in [0.15, 0.2) is 5.15 Å². The summed E-state index contributed by atoms with van der Waals surface area (Å²) >= 11 is 6.09. The molecule has 0 saturated carbocycles. The van der Waals surface area contributed by atoms with Crippen LogP contribution in [-0.4, -0.2) is 53.6 Å². The lowest BCUT2D eigenvalue weighted by molar-refractivity contribution is 0.200. The van der Waals surface area contributed by atoms with Gasteiger partial charge in [0, 0.05) is 20.1 Å². The summed E-state index contributed by atoms with van der Waals surface area (Å²) in [6.07, 6.45) is 0. The smallest absolute Gasteiger partial charge is 0.323 e. The van der Waals surface area contributed by atoms with Gasteiger partial charge in [0.05, 0.1) is 5.69 Å². The van der Waals surface area contributed by atoms with Crippen LogP contribution in [0, 0.1) is 6.92 Å². The van der Waals surface area contributed by atoms with Gasteiger partial charge in [0.25, 0.3) is 0 Å². The molecule has 0 spiro atoms. The lowest BCUT2D eigenvalue weighted by atomic mass is 10.4. The molecular formula is C11H16ClN7O2. The zero-order chi connectivity index (χ0) is 15.7. The average molecular weight is 314 g/mol. The number of hydrogen-bond donors (Lipinski definition) is 0. The molecule has 0 bridgehead atoms. The van der Waals surface area contributed by atoms with E-state index in [2.05, 4.69) is 15.5 Å². The highest BCUT2D eigenvalue weighted by Gasteiger charge is 2.23. The van der Waals surface area contributed by atoms with Gasteiger partial charge in [0.2, 0.25) is 0 Å². The molecule has 2 heterocycles. The number of hydrogen-bond acceptors (Lipinski definition) is 5. The van der Waals surface area contributed by atoms with Gasteiger partial charge >= 0.3 is 11.7 Å². The second-order valence-corrected chi connectivity index (χ2v) is 4.75. The molecule has 2 aromatic rings. The van der Waals surface area contributed by atoms with Gasteiger partial charge in [0.1, 0.15) is 5.69 Å². The maximum Gasteiger partial charge on any atom is 0.377 e. The third-order valence-electron chi connectivity index (χ3n) is 3.13. The Hall–Kier alpha value is -2.16. The van der Waals surface area contributed by atoms with Crippen molar-refractivity contribution < 1.29 is 4.79 Å². The van der Waals surface area contributed by atoms with Gasteiger partial charge in [-0.2, -0.15) is 9.78 Å². The molecule has 1 amide bonds. The molecule has 114 valence electrons. The van der Waals surface area contributed by atoms with Crippen molar-refractivity contribution in [1.29, 1.82) is 0 Å². The summed E-state index contributed by atoms with van der Waals surface area (Å²) in [4.78, 5) is 26.0. The molecule has 10 heteroatoms. The van der Waals surface area contributed by atoms with Crippen LogP contribution in [0.2, 0.25) is 5.15 Å². The van der Waals surface area contributed by atoms with Gasteiger partial charge in [-0.25, -0.2) is 9.59 Å². The molecule has 0 saturated heterocycles. The van der Waals surface area contributed by atoms with E-state index in [0.717, 1.165) is 9.36 Å². The molecule has 0 aliphatic heterocycles. The molecule has 0 N–H and O–H groups in total. The second-order valence-electron chi connectivity index (χ2n) is 4.39. The Balaban J connectivity index is 2.51. The third-order valence-corrected chi connectivity index (χ3v) is 3.55. The number of aromatic nitrogens is 6. The first kappa shape index (κ1) is 15.2. The van der Waals surface area contributed by atoms with Crippen LogP contribution >= 0.6 is 11.6 Å². The van der Waals surface area contributed by atoms with Crippen molar-refractivity contribution in [3.05, 3.63) is 21.3 Å². The first-order valence-electron chi connectivity index (χ1n) is 6.46. The second kappa shape index (κ2) is 5.68. The Morgan fingerprint density at radius 1 is 1.29 bits per heavy atom. The van der Waals surface area contributed by atoms with Gasteiger partial charge in [-0.15, -0.1) is 4.68 Å². The lowest BCUT2D eigenvalue weighted by Gasteiger charge is -2.16. The van der Waals surface area contributed by atoms with Crippen LogP contribution < -0.4 is 5.69 Å². The molecule has 0 aromatic carbocycles. The highest BCUT2D eigenvalue weighted by molar-refractivity contribution is 6.31. The fourth-order valence-electron chi connectivity index (χ4n) is 1.99. The number of carbonyl (C=O) groups is 1. The molecule has 0 aliphatic carbocycles. The Morgan fingerprint density at radius 3 is 2.38 bits per heavy atom. The van der Waals surface area contributed by atoms with Crippen LogP contribution in [0.15, 0.2) is 4.79 Å². The molecular weight excluding hydrogens is 298 g/mol. The number of carbonyl (C=O) groups excluding carboxylic acids is 1. The van der Waals surface area contributed by atoms with Crippen LogP contribution in [0.4, 0.5) is 4.79 Å². The van der Waals surface area contributed by atoms with Crippen molar-refractivity contribution in [1.82, 2.24) is 34.5 Å². The molecule has 0 aliphatic rings. The van der Waals surface area contributed by atoms with E-state index in [-0.39, 0.29) is 5.15 Å². The maximum atomic E-state index is 12.3. The van der Waals surface area contributed by atoms with Crippen molar-refractivity contribution in [2.24, 2.45) is 7.05 Å². The summed E-state index contributed by atoms with van der Waals surface area (Å²) in [5.74, 6) is 0. The maximum absolute atomic E-state index is 12.3. The Labute approximate surface area is 125 Å². The first-order valence-corrected chi connectivity index (χ1v) is 6.83. The van der Waals surface area contributed by atoms with E-state index in [1.54, 1.807) is 14.0 Å². The standard InChI is InChI=1S/C11H16ClN7O2/c1-5-17(6-2)10(20)19-11(21)18(14-15-19)8-7(3)13-16(4)9(8)12/h5-6H2,1-4H3.